The number of carboxylic acids is 1. The molecule has 11 nitrogen and oxygen atoms in total. The molecular weight excluding hydrogens is 370 g/mol. The first-order valence-corrected chi connectivity index (χ1v) is 8.25. The summed E-state index contributed by atoms with van der Waals surface area (Å²) in [6.45, 7) is 1.48. The topological polar surface area (TPSA) is 140 Å². The number of nitrogens with zero attached hydrogens (tertiary/aromatic N) is 4. The molecule has 1 aromatic heterocycles. The summed E-state index contributed by atoms with van der Waals surface area (Å²) in [7, 11) is 4.60. The van der Waals surface area contributed by atoms with E-state index >= 15 is 0 Å². The standard InChI is InChI=1S/C17H21N5O6/c1-10-14(22(26)27)15(21(4)19-10)18-13(16(23)24)9-11-5-7-12(8-6-11)28-17(25)20(2)3/h5-8,13,18H,9H2,1-4H3,(H,23,24)/t13-/m0/s1. The number of ether oxygens (including phenoxy) is 1. The first-order valence-electron chi connectivity index (χ1n) is 8.25. The zero-order chi connectivity index (χ0) is 21.0. The second-order valence-corrected chi connectivity index (χ2v) is 6.31. The van der Waals surface area contributed by atoms with Crippen LogP contribution in [0.1, 0.15) is 11.3 Å². The van der Waals surface area contributed by atoms with Crippen LogP contribution in [-0.2, 0) is 18.3 Å². The van der Waals surface area contributed by atoms with Crippen LogP contribution in [0.25, 0.3) is 0 Å². The lowest BCUT2D eigenvalue weighted by molar-refractivity contribution is -0.384. The van der Waals surface area contributed by atoms with Crippen LogP contribution < -0.4 is 10.1 Å². The van der Waals surface area contributed by atoms with Crippen molar-refractivity contribution in [1.29, 1.82) is 0 Å². The third-order valence-corrected chi connectivity index (χ3v) is 3.92. The van der Waals surface area contributed by atoms with Gasteiger partial charge in [0.2, 0.25) is 5.82 Å². The van der Waals surface area contributed by atoms with Crippen LogP contribution >= 0.6 is 0 Å². The van der Waals surface area contributed by atoms with E-state index in [2.05, 4.69) is 10.4 Å². The van der Waals surface area contributed by atoms with Crippen molar-refractivity contribution in [1.82, 2.24) is 14.7 Å². The van der Waals surface area contributed by atoms with Gasteiger partial charge in [0.05, 0.1) is 4.92 Å². The van der Waals surface area contributed by atoms with Gasteiger partial charge in [-0.3, -0.25) is 10.1 Å². The van der Waals surface area contributed by atoms with Crippen molar-refractivity contribution in [2.45, 2.75) is 19.4 Å². The lowest BCUT2D eigenvalue weighted by Gasteiger charge is -2.16. The largest absolute Gasteiger partial charge is 0.480 e. The van der Waals surface area contributed by atoms with E-state index in [0.717, 1.165) is 0 Å². The highest BCUT2D eigenvalue weighted by molar-refractivity contribution is 5.79. The van der Waals surface area contributed by atoms with Crippen LogP contribution in [0.5, 0.6) is 5.75 Å². The smallest absolute Gasteiger partial charge is 0.414 e. The number of hydrogen-bond acceptors (Lipinski definition) is 7. The van der Waals surface area contributed by atoms with Crippen molar-refractivity contribution >= 4 is 23.6 Å². The molecule has 1 aromatic carbocycles. The molecule has 1 heterocycles. The molecule has 0 saturated carbocycles. The number of aromatic nitrogens is 2. The number of carbonyl (C=O) groups is 2. The van der Waals surface area contributed by atoms with Gasteiger partial charge in [-0.2, -0.15) is 5.10 Å². The zero-order valence-electron chi connectivity index (χ0n) is 15.9. The Bertz CT molecular complexity index is 890. The fraction of sp³-hybridized carbons (Fsp3) is 0.353. The van der Waals surface area contributed by atoms with Gasteiger partial charge in [-0.1, -0.05) is 12.1 Å². The van der Waals surface area contributed by atoms with Crippen LogP contribution in [0.3, 0.4) is 0 Å². The molecule has 0 unspecified atom stereocenters. The molecule has 0 bridgehead atoms. The van der Waals surface area contributed by atoms with Crippen molar-refractivity contribution in [2.75, 3.05) is 19.4 Å². The molecule has 1 amide bonds. The van der Waals surface area contributed by atoms with E-state index in [-0.39, 0.29) is 23.6 Å². The summed E-state index contributed by atoms with van der Waals surface area (Å²) in [6.07, 6.45) is -0.477. The maximum atomic E-state index is 11.7. The Kier molecular flexibility index (Phi) is 6.18. The Labute approximate surface area is 160 Å². The number of benzene rings is 1. The summed E-state index contributed by atoms with van der Waals surface area (Å²) < 4.78 is 6.35. The van der Waals surface area contributed by atoms with Gasteiger partial charge in [-0.15, -0.1) is 0 Å². The Morgan fingerprint density at radius 3 is 2.46 bits per heavy atom. The van der Waals surface area contributed by atoms with Crippen molar-refractivity contribution in [3.63, 3.8) is 0 Å². The van der Waals surface area contributed by atoms with Gasteiger partial charge in [0, 0.05) is 27.6 Å². The number of nitro groups is 1. The van der Waals surface area contributed by atoms with Gasteiger partial charge in [-0.25, -0.2) is 14.3 Å². The van der Waals surface area contributed by atoms with E-state index < -0.39 is 23.0 Å². The average molecular weight is 391 g/mol. The zero-order valence-corrected chi connectivity index (χ0v) is 15.9. The predicted molar refractivity (Wildman–Crippen MR) is 99.5 cm³/mol. The van der Waals surface area contributed by atoms with Gasteiger partial charge in [0.1, 0.15) is 17.5 Å². The summed E-state index contributed by atoms with van der Waals surface area (Å²) in [5, 5.41) is 27.4. The average Bonchev–Trinajstić information content (AvgIpc) is 2.89. The number of anilines is 1. The lowest BCUT2D eigenvalue weighted by Crippen LogP contribution is -2.32. The fourth-order valence-corrected chi connectivity index (χ4v) is 2.51. The number of hydrogen-bond donors (Lipinski definition) is 2. The summed E-state index contributed by atoms with van der Waals surface area (Å²) in [4.78, 5) is 35.1. The van der Waals surface area contributed by atoms with Crippen LogP contribution in [0.15, 0.2) is 24.3 Å². The normalized spacial score (nSPS) is 11.6. The van der Waals surface area contributed by atoms with Gasteiger partial charge < -0.3 is 20.1 Å². The highest BCUT2D eigenvalue weighted by Crippen LogP contribution is 2.28. The predicted octanol–water partition coefficient (Wildman–Crippen LogP) is 1.80. The molecule has 0 radical (unpaired) electrons. The van der Waals surface area contributed by atoms with E-state index in [9.17, 15) is 24.8 Å². The van der Waals surface area contributed by atoms with Crippen LogP contribution in [0.2, 0.25) is 0 Å². The molecule has 0 saturated heterocycles. The number of carboxylic acid groups (broad SMARTS) is 1. The van der Waals surface area contributed by atoms with Gasteiger partial charge in [0.25, 0.3) is 0 Å². The van der Waals surface area contributed by atoms with Gasteiger partial charge >= 0.3 is 17.7 Å². The number of aryl methyl sites for hydroxylation is 2. The molecule has 0 aliphatic carbocycles. The third kappa shape index (κ3) is 4.75. The van der Waals surface area contributed by atoms with Crippen molar-refractivity contribution < 1.29 is 24.4 Å². The maximum Gasteiger partial charge on any atom is 0.414 e. The molecule has 2 aromatic rings. The Hall–Kier alpha value is -3.63. The molecule has 150 valence electrons. The number of rotatable bonds is 7. The molecule has 28 heavy (non-hydrogen) atoms. The molecule has 2 N–H and O–H groups in total. The molecule has 0 aliphatic rings. The highest BCUT2D eigenvalue weighted by atomic mass is 16.6. The number of aliphatic carboxylic acids is 1. The first-order chi connectivity index (χ1) is 13.1. The molecule has 1 atom stereocenters. The van der Waals surface area contributed by atoms with E-state index in [0.29, 0.717) is 11.3 Å². The molecule has 0 spiro atoms. The monoisotopic (exact) mass is 391 g/mol. The minimum absolute atomic E-state index is 0.0198. The van der Waals surface area contributed by atoms with Gasteiger partial charge in [0.15, 0.2) is 0 Å². The van der Waals surface area contributed by atoms with Crippen LogP contribution in [0, 0.1) is 17.0 Å². The number of amides is 1. The maximum absolute atomic E-state index is 11.7. The molecule has 11 heteroatoms. The van der Waals surface area contributed by atoms with Crippen molar-refractivity contribution in [3.8, 4) is 5.75 Å². The van der Waals surface area contributed by atoms with E-state index in [4.69, 9.17) is 4.74 Å². The van der Waals surface area contributed by atoms with E-state index in [1.54, 1.807) is 38.4 Å². The molecule has 2 rings (SSSR count). The van der Waals surface area contributed by atoms with E-state index in [1.807, 2.05) is 0 Å². The Morgan fingerprint density at radius 2 is 1.96 bits per heavy atom. The summed E-state index contributed by atoms with van der Waals surface area (Å²) >= 11 is 0. The van der Waals surface area contributed by atoms with Crippen LogP contribution in [-0.4, -0.2) is 56.9 Å². The summed E-state index contributed by atoms with van der Waals surface area (Å²) in [5.41, 5.74) is 0.567. The number of nitrogens with one attached hydrogen (secondary N) is 1. The summed E-state index contributed by atoms with van der Waals surface area (Å²) in [5.74, 6) is -0.831. The second-order valence-electron chi connectivity index (χ2n) is 6.31. The number of carbonyl (C=O) groups excluding carboxylic acids is 1. The molecule has 0 aliphatic heterocycles. The Balaban J connectivity index is 2.17. The minimum Gasteiger partial charge on any atom is -0.480 e. The first kappa shape index (κ1) is 20.7. The fourth-order valence-electron chi connectivity index (χ4n) is 2.51. The quantitative estimate of drug-likeness (QED) is 0.538. The highest BCUT2D eigenvalue weighted by Gasteiger charge is 2.28. The third-order valence-electron chi connectivity index (χ3n) is 3.92. The minimum atomic E-state index is -1.17. The molecular formula is C17H21N5O6. The van der Waals surface area contributed by atoms with E-state index in [1.165, 1.54) is 23.6 Å². The van der Waals surface area contributed by atoms with Gasteiger partial charge in [-0.05, 0) is 24.6 Å². The van der Waals surface area contributed by atoms with Crippen LogP contribution in [0.4, 0.5) is 16.3 Å². The second kappa shape index (κ2) is 8.37. The SMILES string of the molecule is Cc1nn(C)c(N[C@@H](Cc2ccc(OC(=O)N(C)C)cc2)C(=O)O)c1[N+](=O)[O-]. The Morgan fingerprint density at radius 1 is 1.36 bits per heavy atom. The van der Waals surface area contributed by atoms with Crippen molar-refractivity contribution in [2.24, 2.45) is 7.05 Å². The summed E-state index contributed by atoms with van der Waals surface area (Å²) in [6, 6.07) is 5.22. The van der Waals surface area contributed by atoms with Crippen molar-refractivity contribution in [3.05, 3.63) is 45.6 Å². The lowest BCUT2D eigenvalue weighted by atomic mass is 10.1. The molecule has 0 fully saturated rings.